The minimum atomic E-state index is -0.761. The molecule has 1 atom stereocenters. The maximum Gasteiger partial charge on any atom is 0.177 e. The minimum absolute atomic E-state index is 0.0700. The van der Waals surface area contributed by atoms with Crippen molar-refractivity contribution in [3.63, 3.8) is 0 Å². The van der Waals surface area contributed by atoms with Gasteiger partial charge in [0.2, 0.25) is 0 Å². The quantitative estimate of drug-likeness (QED) is 0.213. The molecule has 0 bridgehead atoms. The summed E-state index contributed by atoms with van der Waals surface area (Å²) in [5.41, 5.74) is 11.3. The monoisotopic (exact) mass is 606 g/mol. The molecule has 0 saturated carbocycles. The summed E-state index contributed by atoms with van der Waals surface area (Å²) in [4.78, 5) is 10.3. The van der Waals surface area contributed by atoms with Gasteiger partial charge in [-0.15, -0.1) is 0 Å². The van der Waals surface area contributed by atoms with Crippen molar-refractivity contribution in [2.45, 2.75) is 31.8 Å². The number of nitrogens with one attached hydrogen (secondary N) is 1. The Morgan fingerprint density at radius 1 is 0.511 bits per heavy atom. The fraction of sp³-hybridized carbons (Fsp3) is 0.116. The Balaban J connectivity index is 1.17. The van der Waals surface area contributed by atoms with Gasteiger partial charge in [-0.05, 0) is 71.6 Å². The Labute approximate surface area is 274 Å². The summed E-state index contributed by atoms with van der Waals surface area (Å²) >= 11 is 0. The maximum absolute atomic E-state index is 5.21. The second kappa shape index (κ2) is 10.1. The molecule has 0 amide bonds. The van der Waals surface area contributed by atoms with Crippen LogP contribution in [-0.4, -0.2) is 16.2 Å². The van der Waals surface area contributed by atoms with Crippen LogP contribution >= 0.6 is 0 Å². The molecule has 0 fully saturated rings. The van der Waals surface area contributed by atoms with Gasteiger partial charge in [-0.1, -0.05) is 117 Å². The number of aromatic nitrogens is 1. The van der Waals surface area contributed by atoms with Crippen LogP contribution in [0.25, 0.3) is 38.6 Å². The topological polar surface area (TPSA) is 41.7 Å². The number of hydrogen-bond acceptors (Lipinski definition) is 3. The van der Waals surface area contributed by atoms with Gasteiger partial charge in [0.05, 0.1) is 11.0 Å². The fourth-order valence-electron chi connectivity index (χ4n) is 7.59. The van der Waals surface area contributed by atoms with Crippen molar-refractivity contribution >= 4 is 33.5 Å². The van der Waals surface area contributed by atoms with Gasteiger partial charge < -0.3 is 9.88 Å². The SMILES string of the molecule is CC1(c2ccccc2)N=C(c2ccccc2)NC(c2ccc(-n3c4ccccc4c4cc5c(cc43)C(C)(C)c3ccccc3-5)cc2)=N1. The van der Waals surface area contributed by atoms with Crippen molar-refractivity contribution in [1.82, 2.24) is 9.88 Å². The van der Waals surface area contributed by atoms with Gasteiger partial charge in [0.25, 0.3) is 0 Å². The minimum Gasteiger partial charge on any atom is -0.324 e. The van der Waals surface area contributed by atoms with Gasteiger partial charge in [0.15, 0.2) is 5.66 Å². The Bertz CT molecular complexity index is 2400. The van der Waals surface area contributed by atoms with Gasteiger partial charge in [-0.3, -0.25) is 0 Å². The van der Waals surface area contributed by atoms with Gasteiger partial charge >= 0.3 is 0 Å². The Morgan fingerprint density at radius 3 is 1.87 bits per heavy atom. The summed E-state index contributed by atoms with van der Waals surface area (Å²) in [6, 6.07) is 51.8. The van der Waals surface area contributed by atoms with Crippen molar-refractivity contribution in [3.05, 3.63) is 173 Å². The second-order valence-corrected chi connectivity index (χ2v) is 13.3. The van der Waals surface area contributed by atoms with Gasteiger partial charge in [0.1, 0.15) is 11.7 Å². The number of aliphatic imine (C=N–C) groups is 2. The van der Waals surface area contributed by atoms with Gasteiger partial charge in [0, 0.05) is 38.6 Å². The third kappa shape index (κ3) is 4.21. The summed E-state index contributed by atoms with van der Waals surface area (Å²) in [7, 11) is 0. The van der Waals surface area contributed by atoms with Crippen LogP contribution in [0.3, 0.4) is 0 Å². The lowest BCUT2D eigenvalue weighted by atomic mass is 9.82. The van der Waals surface area contributed by atoms with Crippen LogP contribution in [-0.2, 0) is 11.1 Å². The summed E-state index contributed by atoms with van der Waals surface area (Å²) < 4.78 is 2.41. The van der Waals surface area contributed by atoms with Crippen molar-refractivity contribution < 1.29 is 0 Å². The molecule has 6 aromatic carbocycles. The first kappa shape index (κ1) is 27.6. The number of para-hydroxylation sites is 1. The molecule has 0 saturated heterocycles. The van der Waals surface area contributed by atoms with Crippen molar-refractivity contribution in [2.24, 2.45) is 9.98 Å². The molecular weight excluding hydrogens is 573 g/mol. The van der Waals surface area contributed by atoms with Crippen molar-refractivity contribution in [3.8, 4) is 16.8 Å². The standard InChI is InChI=1S/C43H34N4/c1-42(2)36-20-12-10-18-32(36)34-26-35-33-19-11-13-21-38(33)47(39(35)27-37(34)42)31-24-22-29(23-25-31)41-44-40(28-14-6-4-7-15-28)45-43(3,46-41)30-16-8-5-9-17-30/h4-27H,1-3H3,(H,44,45,46). The second-order valence-electron chi connectivity index (χ2n) is 13.3. The first-order chi connectivity index (χ1) is 22.9. The van der Waals surface area contributed by atoms with Crippen LogP contribution in [0.4, 0.5) is 0 Å². The molecule has 4 heteroatoms. The summed E-state index contributed by atoms with van der Waals surface area (Å²) in [5.74, 6) is 1.61. The molecular formula is C43H34N4. The zero-order valence-electron chi connectivity index (χ0n) is 26.7. The molecule has 1 aliphatic carbocycles. The molecule has 0 spiro atoms. The molecule has 9 rings (SSSR count). The zero-order chi connectivity index (χ0) is 31.8. The van der Waals surface area contributed by atoms with E-state index in [1.165, 1.54) is 44.1 Å². The normalized spacial score (nSPS) is 17.9. The van der Waals surface area contributed by atoms with E-state index >= 15 is 0 Å². The molecule has 2 aliphatic rings. The number of hydrogen-bond donors (Lipinski definition) is 1. The van der Waals surface area contributed by atoms with E-state index in [0.717, 1.165) is 34.0 Å². The van der Waals surface area contributed by atoms with Crippen LogP contribution < -0.4 is 5.32 Å². The number of fused-ring (bicyclic) bond motifs is 6. The third-order valence-corrected chi connectivity index (χ3v) is 10.0. The maximum atomic E-state index is 5.21. The zero-order valence-corrected chi connectivity index (χ0v) is 26.7. The molecule has 1 N–H and O–H groups in total. The average molecular weight is 607 g/mol. The highest BCUT2D eigenvalue weighted by molar-refractivity contribution is 6.16. The van der Waals surface area contributed by atoms with E-state index in [2.05, 4.69) is 140 Å². The van der Waals surface area contributed by atoms with E-state index in [1.54, 1.807) is 0 Å². The molecule has 2 heterocycles. The number of benzene rings is 6. The molecule has 226 valence electrons. The largest absolute Gasteiger partial charge is 0.324 e. The fourth-order valence-corrected chi connectivity index (χ4v) is 7.59. The van der Waals surface area contributed by atoms with E-state index in [0.29, 0.717) is 0 Å². The van der Waals surface area contributed by atoms with Gasteiger partial charge in [-0.2, -0.15) is 0 Å². The number of nitrogens with zero attached hydrogens (tertiary/aromatic N) is 3. The number of rotatable bonds is 4. The van der Waals surface area contributed by atoms with Crippen LogP contribution in [0.2, 0.25) is 0 Å². The van der Waals surface area contributed by atoms with E-state index < -0.39 is 5.66 Å². The van der Waals surface area contributed by atoms with Crippen molar-refractivity contribution in [2.75, 3.05) is 0 Å². The smallest absolute Gasteiger partial charge is 0.177 e. The van der Waals surface area contributed by atoms with E-state index in [-0.39, 0.29) is 5.41 Å². The Morgan fingerprint density at radius 2 is 1.13 bits per heavy atom. The van der Waals surface area contributed by atoms with Gasteiger partial charge in [-0.25, -0.2) is 9.98 Å². The van der Waals surface area contributed by atoms with Crippen LogP contribution in [0.1, 0.15) is 48.6 Å². The third-order valence-electron chi connectivity index (χ3n) is 10.0. The van der Waals surface area contributed by atoms with E-state index in [9.17, 15) is 0 Å². The first-order valence-electron chi connectivity index (χ1n) is 16.3. The Kier molecular flexibility index (Phi) is 5.94. The van der Waals surface area contributed by atoms with Crippen LogP contribution in [0.15, 0.2) is 156 Å². The lowest BCUT2D eigenvalue weighted by Crippen LogP contribution is -2.40. The Hall–Kier alpha value is -5.74. The molecule has 7 aromatic rings. The van der Waals surface area contributed by atoms with E-state index in [4.69, 9.17) is 9.98 Å². The molecule has 1 unspecified atom stereocenters. The lowest BCUT2D eigenvalue weighted by Gasteiger charge is -2.30. The number of amidine groups is 2. The van der Waals surface area contributed by atoms with Crippen molar-refractivity contribution in [1.29, 1.82) is 0 Å². The predicted molar refractivity (Wildman–Crippen MR) is 195 cm³/mol. The van der Waals surface area contributed by atoms with Crippen LogP contribution in [0, 0.1) is 0 Å². The highest BCUT2D eigenvalue weighted by atomic mass is 15.2. The predicted octanol–water partition coefficient (Wildman–Crippen LogP) is 9.76. The molecule has 1 aliphatic heterocycles. The van der Waals surface area contributed by atoms with E-state index in [1.807, 2.05) is 36.4 Å². The highest BCUT2D eigenvalue weighted by Gasteiger charge is 2.36. The first-order valence-corrected chi connectivity index (χ1v) is 16.3. The average Bonchev–Trinajstić information content (AvgIpc) is 3.56. The van der Waals surface area contributed by atoms with Crippen LogP contribution in [0.5, 0.6) is 0 Å². The summed E-state index contributed by atoms with van der Waals surface area (Å²) in [5, 5.41) is 6.10. The summed E-state index contributed by atoms with van der Waals surface area (Å²) in [6.45, 7) is 6.77. The summed E-state index contributed by atoms with van der Waals surface area (Å²) in [6.07, 6.45) is 0. The molecule has 0 radical (unpaired) electrons. The lowest BCUT2D eigenvalue weighted by molar-refractivity contribution is 0.518. The molecule has 47 heavy (non-hydrogen) atoms. The molecule has 4 nitrogen and oxygen atoms in total. The molecule has 1 aromatic heterocycles. The highest BCUT2D eigenvalue weighted by Crippen LogP contribution is 2.50.